The van der Waals surface area contributed by atoms with E-state index in [1.807, 2.05) is 25.1 Å². The topological polar surface area (TPSA) is 87.7 Å². The molecule has 23 heavy (non-hydrogen) atoms. The largest absolute Gasteiger partial charge is 0.468 e. The van der Waals surface area contributed by atoms with E-state index in [0.29, 0.717) is 11.2 Å². The fourth-order valence-corrected chi connectivity index (χ4v) is 2.28. The molecule has 2 heterocycles. The Labute approximate surface area is 142 Å². The summed E-state index contributed by atoms with van der Waals surface area (Å²) >= 11 is 3.11. The van der Waals surface area contributed by atoms with Crippen molar-refractivity contribution in [3.63, 3.8) is 0 Å². The molecule has 2 amide bonds. The lowest BCUT2D eigenvalue weighted by Gasteiger charge is -2.22. The third-order valence-corrected chi connectivity index (χ3v) is 3.62. The molecular formula is C15H18BrN3O4. The quantitative estimate of drug-likeness (QED) is 0.760. The van der Waals surface area contributed by atoms with Crippen LogP contribution in [0, 0.1) is 0 Å². The molecule has 0 aromatic carbocycles. The zero-order valence-electron chi connectivity index (χ0n) is 12.8. The molecule has 0 aliphatic carbocycles. The van der Waals surface area contributed by atoms with Crippen molar-refractivity contribution in [3.8, 4) is 0 Å². The highest BCUT2D eigenvalue weighted by atomic mass is 79.9. The molecule has 0 radical (unpaired) electrons. The van der Waals surface area contributed by atoms with Crippen LogP contribution >= 0.6 is 15.9 Å². The zero-order chi connectivity index (χ0) is 16.8. The lowest BCUT2D eigenvalue weighted by Crippen LogP contribution is -2.40. The van der Waals surface area contributed by atoms with Gasteiger partial charge in [0.1, 0.15) is 5.76 Å². The van der Waals surface area contributed by atoms with Crippen LogP contribution < -0.4 is 10.6 Å². The number of carbonyl (C=O) groups is 2. The number of nitrogens with zero attached hydrogens (tertiary/aromatic N) is 1. The first-order valence-electron chi connectivity index (χ1n) is 6.97. The highest BCUT2D eigenvalue weighted by molar-refractivity contribution is 9.10. The lowest BCUT2D eigenvalue weighted by atomic mass is 10.2. The first-order chi connectivity index (χ1) is 11.0. The third-order valence-electron chi connectivity index (χ3n) is 3.19. The zero-order valence-corrected chi connectivity index (χ0v) is 14.4. The molecular weight excluding hydrogens is 366 g/mol. The Balaban J connectivity index is 1.79. The summed E-state index contributed by atoms with van der Waals surface area (Å²) in [5.74, 6) is 0.176. The number of carbonyl (C=O) groups excluding carboxylic acids is 2. The van der Waals surface area contributed by atoms with E-state index >= 15 is 0 Å². The number of hydrogen-bond acceptors (Lipinski definition) is 5. The maximum Gasteiger partial charge on any atom is 0.287 e. The van der Waals surface area contributed by atoms with Crippen molar-refractivity contribution < 1.29 is 18.4 Å². The van der Waals surface area contributed by atoms with Crippen LogP contribution in [0.2, 0.25) is 0 Å². The smallest absolute Gasteiger partial charge is 0.287 e. The van der Waals surface area contributed by atoms with Gasteiger partial charge in [-0.3, -0.25) is 14.5 Å². The van der Waals surface area contributed by atoms with E-state index in [-0.39, 0.29) is 24.3 Å². The second-order valence-corrected chi connectivity index (χ2v) is 5.87. The standard InChI is InChI=1S/C15H18BrN3O4/c1-19(2)10(11-4-3-7-22-11)8-17-14(20)9-18-15(21)12-5-6-13(16)23-12/h3-7,10H,8-9H2,1-2H3,(H,17,20)(H,18,21). The molecule has 2 rings (SSSR count). The molecule has 1 atom stereocenters. The van der Waals surface area contributed by atoms with Crippen LogP contribution in [0.5, 0.6) is 0 Å². The minimum atomic E-state index is -0.443. The molecule has 0 aliphatic rings. The highest BCUT2D eigenvalue weighted by Gasteiger charge is 2.18. The molecule has 7 nitrogen and oxygen atoms in total. The summed E-state index contributed by atoms with van der Waals surface area (Å²) in [4.78, 5) is 25.6. The molecule has 1 unspecified atom stereocenters. The molecule has 0 aliphatic heterocycles. The number of hydrogen-bond donors (Lipinski definition) is 2. The number of likely N-dealkylation sites (N-methyl/N-ethyl adjacent to an activating group) is 1. The molecule has 0 saturated heterocycles. The predicted molar refractivity (Wildman–Crippen MR) is 86.9 cm³/mol. The van der Waals surface area contributed by atoms with E-state index < -0.39 is 5.91 Å². The summed E-state index contributed by atoms with van der Waals surface area (Å²) in [5, 5.41) is 5.27. The number of nitrogens with one attached hydrogen (secondary N) is 2. The van der Waals surface area contributed by atoms with Crippen molar-refractivity contribution in [2.24, 2.45) is 0 Å². The van der Waals surface area contributed by atoms with Gasteiger partial charge in [-0.1, -0.05) is 0 Å². The molecule has 0 bridgehead atoms. The van der Waals surface area contributed by atoms with Gasteiger partial charge in [-0.25, -0.2) is 0 Å². The van der Waals surface area contributed by atoms with Gasteiger partial charge in [-0.05, 0) is 54.3 Å². The van der Waals surface area contributed by atoms with E-state index in [1.54, 1.807) is 18.4 Å². The minimum absolute atomic E-state index is 0.0781. The van der Waals surface area contributed by atoms with E-state index in [4.69, 9.17) is 8.83 Å². The molecule has 8 heteroatoms. The van der Waals surface area contributed by atoms with Gasteiger partial charge in [0.15, 0.2) is 10.4 Å². The molecule has 0 saturated carbocycles. The van der Waals surface area contributed by atoms with Gasteiger partial charge in [0, 0.05) is 6.54 Å². The number of amides is 2. The van der Waals surface area contributed by atoms with E-state index in [2.05, 4.69) is 26.6 Å². The maximum absolute atomic E-state index is 11.9. The lowest BCUT2D eigenvalue weighted by molar-refractivity contribution is -0.120. The summed E-state index contributed by atoms with van der Waals surface area (Å²) in [7, 11) is 3.80. The molecule has 124 valence electrons. The van der Waals surface area contributed by atoms with Gasteiger partial charge in [-0.15, -0.1) is 0 Å². The second-order valence-electron chi connectivity index (χ2n) is 5.09. The van der Waals surface area contributed by atoms with Crippen molar-refractivity contribution in [2.45, 2.75) is 6.04 Å². The fourth-order valence-electron chi connectivity index (χ4n) is 1.98. The van der Waals surface area contributed by atoms with Crippen molar-refractivity contribution >= 4 is 27.7 Å². The third kappa shape index (κ3) is 4.97. The monoisotopic (exact) mass is 383 g/mol. The van der Waals surface area contributed by atoms with Crippen molar-refractivity contribution in [1.29, 1.82) is 0 Å². The molecule has 0 fully saturated rings. The average Bonchev–Trinajstić information content (AvgIpc) is 3.16. The second kappa shape index (κ2) is 7.98. The fraction of sp³-hybridized carbons (Fsp3) is 0.333. The van der Waals surface area contributed by atoms with Crippen LogP contribution in [0.3, 0.4) is 0 Å². The van der Waals surface area contributed by atoms with Crippen LogP contribution in [0.4, 0.5) is 0 Å². The van der Waals surface area contributed by atoms with Gasteiger partial charge in [0.25, 0.3) is 5.91 Å². The Hall–Kier alpha value is -2.06. The van der Waals surface area contributed by atoms with Gasteiger partial charge in [0.05, 0.1) is 18.8 Å². The van der Waals surface area contributed by atoms with Crippen LogP contribution in [0.15, 0.2) is 44.0 Å². The minimum Gasteiger partial charge on any atom is -0.468 e. The van der Waals surface area contributed by atoms with Crippen molar-refractivity contribution in [1.82, 2.24) is 15.5 Å². The Kier molecular flexibility index (Phi) is 6.00. The summed E-state index contributed by atoms with van der Waals surface area (Å²) in [6, 6.07) is 6.71. The number of furan rings is 2. The Morgan fingerprint density at radius 2 is 2.04 bits per heavy atom. The van der Waals surface area contributed by atoms with Crippen molar-refractivity contribution in [2.75, 3.05) is 27.2 Å². The summed E-state index contributed by atoms with van der Waals surface area (Å²) in [6.45, 7) is 0.247. The van der Waals surface area contributed by atoms with Gasteiger partial charge in [-0.2, -0.15) is 0 Å². The van der Waals surface area contributed by atoms with Crippen molar-refractivity contribution in [3.05, 3.63) is 46.7 Å². The SMILES string of the molecule is CN(C)C(CNC(=O)CNC(=O)c1ccc(Br)o1)c1ccco1. The van der Waals surface area contributed by atoms with E-state index in [0.717, 1.165) is 5.76 Å². The summed E-state index contributed by atoms with van der Waals surface area (Å²) in [5.41, 5.74) is 0. The molecule has 0 spiro atoms. The van der Waals surface area contributed by atoms with E-state index in [1.165, 1.54) is 6.07 Å². The van der Waals surface area contributed by atoms with Crippen LogP contribution in [-0.2, 0) is 4.79 Å². The Bertz CT molecular complexity index is 651. The first kappa shape index (κ1) is 17.3. The maximum atomic E-state index is 11.9. The molecule has 2 aromatic rings. The number of halogens is 1. The Morgan fingerprint density at radius 1 is 1.26 bits per heavy atom. The normalized spacial score (nSPS) is 12.2. The summed E-state index contributed by atoms with van der Waals surface area (Å²) in [6.07, 6.45) is 1.59. The Morgan fingerprint density at radius 3 is 2.61 bits per heavy atom. The summed E-state index contributed by atoms with van der Waals surface area (Å²) < 4.78 is 10.9. The van der Waals surface area contributed by atoms with Gasteiger partial charge < -0.3 is 19.5 Å². The highest BCUT2D eigenvalue weighted by Crippen LogP contribution is 2.17. The van der Waals surface area contributed by atoms with E-state index in [9.17, 15) is 9.59 Å². The predicted octanol–water partition coefficient (Wildman–Crippen LogP) is 1.78. The van der Waals surface area contributed by atoms with Crippen LogP contribution in [-0.4, -0.2) is 43.9 Å². The van der Waals surface area contributed by atoms with Gasteiger partial charge >= 0.3 is 0 Å². The average molecular weight is 384 g/mol. The molecule has 2 N–H and O–H groups in total. The molecule has 2 aromatic heterocycles. The first-order valence-corrected chi connectivity index (χ1v) is 7.76. The van der Waals surface area contributed by atoms with Crippen LogP contribution in [0.25, 0.3) is 0 Å². The number of rotatable bonds is 7. The van der Waals surface area contributed by atoms with Gasteiger partial charge in [0.2, 0.25) is 5.91 Å². The van der Waals surface area contributed by atoms with Crippen LogP contribution in [0.1, 0.15) is 22.4 Å².